The molecule has 0 atom stereocenters. The van der Waals surface area contributed by atoms with Gasteiger partial charge < -0.3 is 0 Å². The zero-order chi connectivity index (χ0) is 10.1. The molecular formula is C9H8N2OS2. The number of carbonyl (C=O) groups is 1. The van der Waals surface area contributed by atoms with Crippen molar-refractivity contribution in [3.8, 4) is 0 Å². The number of nitrogens with zero attached hydrogens (tertiary/aromatic N) is 2. The Kier molecular flexibility index (Phi) is 2.43. The largest absolute Gasteiger partial charge is 0.285 e. The summed E-state index contributed by atoms with van der Waals surface area (Å²) < 4.78 is 0. The van der Waals surface area contributed by atoms with E-state index in [1.165, 1.54) is 22.7 Å². The Bertz CT molecular complexity index is 430. The summed E-state index contributed by atoms with van der Waals surface area (Å²) in [5.74, 6) is -0.0845. The van der Waals surface area contributed by atoms with Gasteiger partial charge in [0.1, 0.15) is 11.4 Å². The molecule has 0 aromatic carbocycles. The number of aryl methyl sites for hydroxylation is 2. The average Bonchev–Trinajstić information content (AvgIpc) is 2.73. The van der Waals surface area contributed by atoms with Crippen LogP contribution in [0.1, 0.15) is 26.2 Å². The van der Waals surface area contributed by atoms with Crippen LogP contribution in [0, 0.1) is 13.8 Å². The number of hydrogen-bond acceptors (Lipinski definition) is 5. The van der Waals surface area contributed by atoms with E-state index in [9.17, 15) is 4.79 Å². The van der Waals surface area contributed by atoms with Gasteiger partial charge in [0, 0.05) is 10.8 Å². The molecule has 2 heterocycles. The molecular weight excluding hydrogens is 216 g/mol. The van der Waals surface area contributed by atoms with Crippen LogP contribution in [0.4, 0.5) is 0 Å². The van der Waals surface area contributed by atoms with Crippen LogP contribution in [0.15, 0.2) is 10.8 Å². The highest BCUT2D eigenvalue weighted by molar-refractivity contribution is 7.10. The number of ketones is 1. The Morgan fingerprint density at radius 1 is 1.07 bits per heavy atom. The highest BCUT2D eigenvalue weighted by Gasteiger charge is 2.14. The lowest BCUT2D eigenvalue weighted by Crippen LogP contribution is -2.02. The number of carbonyl (C=O) groups excluding carboxylic acids is 1. The lowest BCUT2D eigenvalue weighted by molar-refractivity contribution is 0.103. The van der Waals surface area contributed by atoms with Crippen molar-refractivity contribution in [3.63, 3.8) is 0 Å². The molecule has 3 nitrogen and oxygen atoms in total. The summed E-state index contributed by atoms with van der Waals surface area (Å²) in [6.07, 6.45) is 0. The first-order valence-corrected chi connectivity index (χ1v) is 5.81. The predicted octanol–water partition coefficient (Wildman–Crippen LogP) is 2.45. The van der Waals surface area contributed by atoms with Crippen molar-refractivity contribution >= 4 is 28.5 Å². The van der Waals surface area contributed by atoms with Gasteiger partial charge in [-0.05, 0) is 13.8 Å². The first kappa shape index (κ1) is 9.48. The quantitative estimate of drug-likeness (QED) is 0.736. The fourth-order valence-corrected chi connectivity index (χ4v) is 2.25. The molecule has 0 aliphatic rings. The minimum atomic E-state index is -0.0845. The van der Waals surface area contributed by atoms with Crippen molar-refractivity contribution < 1.29 is 4.79 Å². The molecule has 0 saturated heterocycles. The molecule has 0 saturated carbocycles. The lowest BCUT2D eigenvalue weighted by atomic mass is 10.2. The molecule has 2 rings (SSSR count). The normalized spacial score (nSPS) is 10.4. The maximum atomic E-state index is 11.8. The second kappa shape index (κ2) is 3.59. The van der Waals surface area contributed by atoms with Crippen molar-refractivity contribution in [2.75, 3.05) is 0 Å². The lowest BCUT2D eigenvalue weighted by Gasteiger charge is -1.89. The molecule has 0 bridgehead atoms. The van der Waals surface area contributed by atoms with E-state index in [2.05, 4.69) is 9.97 Å². The first-order chi connectivity index (χ1) is 6.66. The molecule has 5 heteroatoms. The van der Waals surface area contributed by atoms with Gasteiger partial charge in [-0.15, -0.1) is 22.7 Å². The van der Waals surface area contributed by atoms with Gasteiger partial charge in [0.05, 0.1) is 10.0 Å². The first-order valence-electron chi connectivity index (χ1n) is 4.06. The molecule has 2 aromatic rings. The van der Waals surface area contributed by atoms with Crippen LogP contribution in [-0.2, 0) is 0 Å². The second-order valence-corrected chi connectivity index (χ2v) is 4.96. The zero-order valence-electron chi connectivity index (χ0n) is 7.77. The van der Waals surface area contributed by atoms with Gasteiger partial charge in [-0.25, -0.2) is 9.97 Å². The van der Waals surface area contributed by atoms with Gasteiger partial charge in [0.2, 0.25) is 5.78 Å². The van der Waals surface area contributed by atoms with Crippen molar-refractivity contribution in [3.05, 3.63) is 32.2 Å². The van der Waals surface area contributed by atoms with Gasteiger partial charge in [0.15, 0.2) is 0 Å². The van der Waals surface area contributed by atoms with E-state index >= 15 is 0 Å². The molecule has 0 radical (unpaired) electrons. The fraction of sp³-hybridized carbons (Fsp3) is 0.222. The summed E-state index contributed by atoms with van der Waals surface area (Å²) >= 11 is 2.96. The monoisotopic (exact) mass is 224 g/mol. The van der Waals surface area contributed by atoms with Gasteiger partial charge in [-0.2, -0.15) is 0 Å². The minimum Gasteiger partial charge on any atom is -0.285 e. The van der Waals surface area contributed by atoms with Crippen LogP contribution in [0.5, 0.6) is 0 Å². The third-order valence-electron chi connectivity index (χ3n) is 1.70. The SMILES string of the molecule is Cc1nc(C(=O)c2csc(C)n2)cs1. The van der Waals surface area contributed by atoms with Crippen molar-refractivity contribution in [1.29, 1.82) is 0 Å². The summed E-state index contributed by atoms with van der Waals surface area (Å²) in [5, 5.41) is 5.35. The highest BCUT2D eigenvalue weighted by Crippen LogP contribution is 2.15. The molecule has 2 aromatic heterocycles. The third kappa shape index (κ3) is 1.73. The Morgan fingerprint density at radius 2 is 1.50 bits per heavy atom. The Labute approximate surface area is 89.5 Å². The van der Waals surface area contributed by atoms with E-state index in [0.717, 1.165) is 10.0 Å². The molecule has 14 heavy (non-hydrogen) atoms. The van der Waals surface area contributed by atoms with Crippen LogP contribution in [0.2, 0.25) is 0 Å². The smallest absolute Gasteiger partial charge is 0.231 e. The number of hydrogen-bond donors (Lipinski definition) is 0. The van der Waals surface area contributed by atoms with E-state index in [-0.39, 0.29) is 5.78 Å². The summed E-state index contributed by atoms with van der Waals surface area (Å²) in [6.45, 7) is 3.77. The third-order valence-corrected chi connectivity index (χ3v) is 3.25. The van der Waals surface area contributed by atoms with Crippen LogP contribution >= 0.6 is 22.7 Å². The maximum Gasteiger partial charge on any atom is 0.231 e. The summed E-state index contributed by atoms with van der Waals surface area (Å²) in [5.41, 5.74) is 0.996. The van der Waals surface area contributed by atoms with Crippen molar-refractivity contribution in [2.45, 2.75) is 13.8 Å². The van der Waals surface area contributed by atoms with E-state index in [0.29, 0.717) is 11.4 Å². The second-order valence-electron chi connectivity index (χ2n) is 2.83. The van der Waals surface area contributed by atoms with Gasteiger partial charge >= 0.3 is 0 Å². The van der Waals surface area contributed by atoms with Gasteiger partial charge in [0.25, 0.3) is 0 Å². The Balaban J connectivity index is 2.33. The minimum absolute atomic E-state index is 0.0845. The van der Waals surface area contributed by atoms with Gasteiger partial charge in [-0.3, -0.25) is 4.79 Å². The van der Waals surface area contributed by atoms with E-state index < -0.39 is 0 Å². The van der Waals surface area contributed by atoms with Gasteiger partial charge in [-0.1, -0.05) is 0 Å². The van der Waals surface area contributed by atoms with Crippen molar-refractivity contribution in [2.24, 2.45) is 0 Å². The molecule has 0 fully saturated rings. The van der Waals surface area contributed by atoms with Crippen LogP contribution in [-0.4, -0.2) is 15.8 Å². The molecule has 0 spiro atoms. The topological polar surface area (TPSA) is 42.9 Å². The molecule has 0 N–H and O–H groups in total. The Morgan fingerprint density at radius 3 is 1.79 bits per heavy atom. The summed E-state index contributed by atoms with van der Waals surface area (Å²) in [7, 11) is 0. The number of aromatic nitrogens is 2. The number of thiazole rings is 2. The molecule has 0 aliphatic carbocycles. The Hall–Kier alpha value is -1.07. The molecule has 0 amide bonds. The van der Waals surface area contributed by atoms with E-state index in [1.807, 2.05) is 13.8 Å². The summed E-state index contributed by atoms with van der Waals surface area (Å²) in [4.78, 5) is 20.0. The predicted molar refractivity (Wildman–Crippen MR) is 57.1 cm³/mol. The highest BCUT2D eigenvalue weighted by atomic mass is 32.1. The summed E-state index contributed by atoms with van der Waals surface area (Å²) in [6, 6.07) is 0. The van der Waals surface area contributed by atoms with Crippen LogP contribution in [0.25, 0.3) is 0 Å². The standard InChI is InChI=1S/C9H8N2OS2/c1-5-10-7(3-13-5)9(12)8-4-14-6(2)11-8/h3-4H,1-2H3. The average molecular weight is 224 g/mol. The zero-order valence-corrected chi connectivity index (χ0v) is 9.41. The van der Waals surface area contributed by atoms with E-state index in [1.54, 1.807) is 10.8 Å². The molecule has 0 unspecified atom stereocenters. The fourth-order valence-electron chi connectivity index (χ4n) is 1.07. The van der Waals surface area contributed by atoms with Crippen molar-refractivity contribution in [1.82, 2.24) is 9.97 Å². The molecule has 0 aliphatic heterocycles. The van der Waals surface area contributed by atoms with Crippen LogP contribution in [0.3, 0.4) is 0 Å². The molecule has 72 valence electrons. The maximum absolute atomic E-state index is 11.8. The van der Waals surface area contributed by atoms with Crippen LogP contribution < -0.4 is 0 Å². The van der Waals surface area contributed by atoms with E-state index in [4.69, 9.17) is 0 Å². The number of rotatable bonds is 2.